The maximum atomic E-state index is 12.4. The van der Waals surface area contributed by atoms with Crippen LogP contribution in [0.1, 0.15) is 49.0 Å². The van der Waals surface area contributed by atoms with Crippen LogP contribution in [0.4, 0.5) is 0 Å². The fourth-order valence-corrected chi connectivity index (χ4v) is 3.35. The second kappa shape index (κ2) is 6.95. The Morgan fingerprint density at radius 2 is 1.83 bits per heavy atom. The van der Waals surface area contributed by atoms with E-state index >= 15 is 0 Å². The monoisotopic (exact) mass is 321 g/mol. The predicted octanol–water partition coefficient (Wildman–Crippen LogP) is 3.74. The molecule has 0 spiro atoms. The quantitative estimate of drug-likeness (QED) is 0.854. The van der Waals surface area contributed by atoms with Crippen LogP contribution in [0.15, 0.2) is 60.2 Å². The molecule has 0 radical (unpaired) electrons. The van der Waals surface area contributed by atoms with E-state index in [2.05, 4.69) is 60.3 Å². The van der Waals surface area contributed by atoms with Gasteiger partial charge in [-0.2, -0.15) is 0 Å². The fraction of sp³-hybridized carbons (Fsp3) is 0.350. The minimum Gasteiger partial charge on any atom is -0.345 e. The number of aromatic nitrogens is 2. The summed E-state index contributed by atoms with van der Waals surface area (Å²) in [6.07, 6.45) is 5.53. The summed E-state index contributed by atoms with van der Waals surface area (Å²) in [5.74, 6) is 0.692. The third kappa shape index (κ3) is 3.23. The normalized spacial score (nSPS) is 18.2. The standard InChI is InChI=1S/C20H23N3O/c1-13(2)19(23-20(24)16-10-21-12-22-11-16)18-9-17(14(18)3)15-7-5-4-6-8-15/h4-8,10-13,17,19H,9H2,1-3H3,(H,23,24). The lowest BCUT2D eigenvalue weighted by Gasteiger charge is -2.38. The number of hydrogen-bond donors (Lipinski definition) is 1. The summed E-state index contributed by atoms with van der Waals surface area (Å²) in [6.45, 7) is 6.47. The summed E-state index contributed by atoms with van der Waals surface area (Å²) in [7, 11) is 0. The Morgan fingerprint density at radius 1 is 1.17 bits per heavy atom. The second-order valence-corrected chi connectivity index (χ2v) is 6.70. The van der Waals surface area contributed by atoms with Gasteiger partial charge in [0.25, 0.3) is 5.91 Å². The lowest BCUT2D eigenvalue weighted by atomic mass is 9.70. The van der Waals surface area contributed by atoms with E-state index in [0.29, 0.717) is 17.4 Å². The van der Waals surface area contributed by atoms with Crippen molar-refractivity contribution in [1.29, 1.82) is 0 Å². The molecule has 24 heavy (non-hydrogen) atoms. The number of benzene rings is 1. The van der Waals surface area contributed by atoms with E-state index in [0.717, 1.165) is 6.42 Å². The van der Waals surface area contributed by atoms with Gasteiger partial charge in [-0.25, -0.2) is 9.97 Å². The van der Waals surface area contributed by atoms with Gasteiger partial charge in [0.2, 0.25) is 0 Å². The van der Waals surface area contributed by atoms with E-state index in [-0.39, 0.29) is 11.9 Å². The number of carbonyl (C=O) groups is 1. The molecule has 1 aliphatic rings. The third-order valence-corrected chi connectivity index (χ3v) is 4.81. The smallest absolute Gasteiger partial charge is 0.254 e. The van der Waals surface area contributed by atoms with Gasteiger partial charge >= 0.3 is 0 Å². The van der Waals surface area contributed by atoms with Gasteiger partial charge in [-0.1, -0.05) is 49.8 Å². The summed E-state index contributed by atoms with van der Waals surface area (Å²) in [4.78, 5) is 20.3. The molecule has 3 rings (SSSR count). The van der Waals surface area contributed by atoms with E-state index in [4.69, 9.17) is 0 Å². The first-order valence-corrected chi connectivity index (χ1v) is 8.38. The van der Waals surface area contributed by atoms with Crippen LogP contribution >= 0.6 is 0 Å². The van der Waals surface area contributed by atoms with Crippen molar-refractivity contribution in [3.63, 3.8) is 0 Å². The Balaban J connectivity index is 1.78. The molecule has 4 heteroatoms. The summed E-state index contributed by atoms with van der Waals surface area (Å²) in [6, 6.07) is 10.6. The molecular weight excluding hydrogens is 298 g/mol. The van der Waals surface area contributed by atoms with Gasteiger partial charge in [0.05, 0.1) is 11.6 Å². The zero-order valence-corrected chi connectivity index (χ0v) is 14.4. The number of carbonyl (C=O) groups excluding carboxylic acids is 1. The Bertz CT molecular complexity index is 738. The molecule has 0 bridgehead atoms. The van der Waals surface area contributed by atoms with Crippen molar-refractivity contribution in [2.45, 2.75) is 39.2 Å². The number of nitrogens with zero attached hydrogens (tertiary/aromatic N) is 2. The van der Waals surface area contributed by atoms with Gasteiger partial charge in [0.1, 0.15) is 6.33 Å². The van der Waals surface area contributed by atoms with Crippen molar-refractivity contribution in [3.8, 4) is 0 Å². The first kappa shape index (κ1) is 16.4. The molecule has 1 amide bonds. The molecule has 0 saturated carbocycles. The molecule has 124 valence electrons. The minimum atomic E-state index is -0.113. The third-order valence-electron chi connectivity index (χ3n) is 4.81. The molecule has 0 aliphatic heterocycles. The highest BCUT2D eigenvalue weighted by molar-refractivity contribution is 5.94. The lowest BCUT2D eigenvalue weighted by molar-refractivity contribution is 0.0930. The van der Waals surface area contributed by atoms with Crippen molar-refractivity contribution in [1.82, 2.24) is 15.3 Å². The number of amides is 1. The largest absolute Gasteiger partial charge is 0.345 e. The highest BCUT2D eigenvalue weighted by atomic mass is 16.1. The van der Waals surface area contributed by atoms with E-state index in [1.165, 1.54) is 23.0 Å². The second-order valence-electron chi connectivity index (χ2n) is 6.70. The zero-order valence-electron chi connectivity index (χ0n) is 14.4. The number of rotatable bonds is 5. The van der Waals surface area contributed by atoms with E-state index in [1.54, 1.807) is 12.4 Å². The topological polar surface area (TPSA) is 54.9 Å². The van der Waals surface area contributed by atoms with Gasteiger partial charge in [-0.3, -0.25) is 4.79 Å². The van der Waals surface area contributed by atoms with Crippen LogP contribution in [0.2, 0.25) is 0 Å². The van der Waals surface area contributed by atoms with Crippen molar-refractivity contribution in [2.75, 3.05) is 0 Å². The van der Waals surface area contributed by atoms with Gasteiger partial charge in [0, 0.05) is 18.3 Å². The first-order valence-electron chi connectivity index (χ1n) is 8.38. The maximum absolute atomic E-state index is 12.4. The van der Waals surface area contributed by atoms with Crippen LogP contribution in [0, 0.1) is 5.92 Å². The molecule has 2 atom stereocenters. The summed E-state index contributed by atoms with van der Waals surface area (Å²) in [5, 5.41) is 3.16. The fourth-order valence-electron chi connectivity index (χ4n) is 3.35. The van der Waals surface area contributed by atoms with Gasteiger partial charge in [-0.05, 0) is 30.4 Å². The van der Waals surface area contributed by atoms with E-state index < -0.39 is 0 Å². The predicted molar refractivity (Wildman–Crippen MR) is 94.6 cm³/mol. The lowest BCUT2D eigenvalue weighted by Crippen LogP contribution is -2.43. The van der Waals surface area contributed by atoms with Crippen LogP contribution in [0.3, 0.4) is 0 Å². The molecule has 2 unspecified atom stereocenters. The van der Waals surface area contributed by atoms with Crippen molar-refractivity contribution >= 4 is 5.91 Å². The van der Waals surface area contributed by atoms with Crippen LogP contribution in [0.25, 0.3) is 0 Å². The minimum absolute atomic E-state index is 0.0534. The van der Waals surface area contributed by atoms with Crippen molar-refractivity contribution in [2.24, 2.45) is 5.92 Å². The van der Waals surface area contributed by atoms with Crippen molar-refractivity contribution < 1.29 is 4.79 Å². The average Bonchev–Trinajstić information content (AvgIpc) is 2.61. The first-order chi connectivity index (χ1) is 11.6. The number of hydrogen-bond acceptors (Lipinski definition) is 3. The van der Waals surface area contributed by atoms with Gasteiger partial charge < -0.3 is 5.32 Å². The molecule has 4 nitrogen and oxygen atoms in total. The van der Waals surface area contributed by atoms with Gasteiger partial charge in [-0.15, -0.1) is 0 Å². The molecular formula is C20H23N3O. The van der Waals surface area contributed by atoms with Crippen LogP contribution in [0.5, 0.6) is 0 Å². The molecule has 2 aromatic rings. The maximum Gasteiger partial charge on any atom is 0.254 e. The van der Waals surface area contributed by atoms with Crippen molar-refractivity contribution in [3.05, 3.63) is 71.3 Å². The van der Waals surface area contributed by atoms with E-state index in [1.807, 2.05) is 6.07 Å². The Kier molecular flexibility index (Phi) is 4.74. The Morgan fingerprint density at radius 3 is 2.42 bits per heavy atom. The highest BCUT2D eigenvalue weighted by Crippen LogP contribution is 2.44. The van der Waals surface area contributed by atoms with E-state index in [9.17, 15) is 4.79 Å². The SMILES string of the molecule is CC1=C(C(NC(=O)c2cncnc2)C(C)C)CC1c1ccccc1. The van der Waals surface area contributed by atoms with Crippen LogP contribution in [-0.2, 0) is 0 Å². The number of allylic oxidation sites excluding steroid dienone is 1. The molecule has 1 aromatic heterocycles. The molecule has 1 heterocycles. The average molecular weight is 321 g/mol. The Labute approximate surface area is 143 Å². The summed E-state index contributed by atoms with van der Waals surface area (Å²) >= 11 is 0. The molecule has 0 saturated heterocycles. The summed E-state index contributed by atoms with van der Waals surface area (Å²) < 4.78 is 0. The zero-order chi connectivity index (χ0) is 17.1. The van der Waals surface area contributed by atoms with Crippen LogP contribution < -0.4 is 5.32 Å². The molecule has 1 aromatic carbocycles. The molecule has 1 aliphatic carbocycles. The van der Waals surface area contributed by atoms with Gasteiger partial charge in [0.15, 0.2) is 0 Å². The molecule has 1 N–H and O–H groups in total. The number of nitrogens with one attached hydrogen (secondary N) is 1. The van der Waals surface area contributed by atoms with Crippen LogP contribution in [-0.4, -0.2) is 21.9 Å². The Hall–Kier alpha value is -2.49. The highest BCUT2D eigenvalue weighted by Gasteiger charge is 2.34. The summed E-state index contributed by atoms with van der Waals surface area (Å²) in [5.41, 5.74) is 4.58. The molecule has 0 fully saturated rings.